The van der Waals surface area contributed by atoms with Crippen LogP contribution in [-0.4, -0.2) is 22.1 Å². The zero-order chi connectivity index (χ0) is 12.4. The van der Waals surface area contributed by atoms with Gasteiger partial charge in [0.15, 0.2) is 5.82 Å². The highest BCUT2D eigenvalue weighted by atomic mass is 19.1. The molecule has 1 aromatic heterocycles. The number of aromatic nitrogens is 3. The number of halogens is 2. The lowest BCUT2D eigenvalue weighted by molar-refractivity contribution is 0.376. The highest BCUT2D eigenvalue weighted by Crippen LogP contribution is 2.22. The van der Waals surface area contributed by atoms with E-state index in [-0.39, 0.29) is 11.8 Å². The van der Waals surface area contributed by atoms with E-state index >= 15 is 0 Å². The molecule has 0 saturated heterocycles. The first kappa shape index (κ1) is 11.2. The summed E-state index contributed by atoms with van der Waals surface area (Å²) in [6.45, 7) is 0. The Labute approximate surface area is 94.1 Å². The molecule has 0 aliphatic carbocycles. The molecule has 0 fully saturated rings. The number of nitrogens with zero attached hydrogens (tertiary/aromatic N) is 2. The third-order valence-electron chi connectivity index (χ3n) is 2.01. The first-order valence-electron chi connectivity index (χ1n) is 4.58. The van der Waals surface area contributed by atoms with Gasteiger partial charge in [0.05, 0.1) is 12.7 Å². The summed E-state index contributed by atoms with van der Waals surface area (Å²) in [5.74, 6) is -1.93. The number of hydrogen-bond donors (Lipinski definition) is 1. The normalized spacial score (nSPS) is 10.3. The van der Waals surface area contributed by atoms with E-state index in [1.807, 2.05) is 0 Å². The van der Waals surface area contributed by atoms with Gasteiger partial charge in [-0.2, -0.15) is 4.98 Å². The van der Waals surface area contributed by atoms with Gasteiger partial charge in [-0.15, -0.1) is 4.98 Å². The van der Waals surface area contributed by atoms with Gasteiger partial charge >= 0.3 is 11.7 Å². The molecule has 0 aliphatic heterocycles. The van der Waals surface area contributed by atoms with E-state index in [1.54, 1.807) is 0 Å². The minimum Gasteiger partial charge on any atom is -0.467 e. The molecule has 2 aromatic rings. The first-order valence-corrected chi connectivity index (χ1v) is 4.58. The summed E-state index contributed by atoms with van der Waals surface area (Å²) in [5.41, 5.74) is -1.22. The van der Waals surface area contributed by atoms with Crippen LogP contribution in [0.3, 0.4) is 0 Å². The summed E-state index contributed by atoms with van der Waals surface area (Å²) < 4.78 is 31.5. The molecule has 88 valence electrons. The number of rotatable bonds is 2. The molecule has 0 saturated carbocycles. The molecule has 0 aliphatic rings. The minimum atomic E-state index is -0.832. The number of H-pyrrole nitrogens is 1. The Morgan fingerprint density at radius 3 is 2.47 bits per heavy atom. The standard InChI is InChI=1S/C10H7F2N3O2/c1-17-10-14-8(13-9(16)15-10)7-5(11)3-2-4-6(7)12/h2-4H,1H3,(H,13,14,15,16). The lowest BCUT2D eigenvalue weighted by atomic mass is 10.2. The van der Waals surface area contributed by atoms with Crippen molar-refractivity contribution in [2.24, 2.45) is 0 Å². The zero-order valence-corrected chi connectivity index (χ0v) is 8.70. The highest BCUT2D eigenvalue weighted by Gasteiger charge is 2.14. The minimum absolute atomic E-state index is 0.258. The maximum absolute atomic E-state index is 13.4. The average molecular weight is 239 g/mol. The molecule has 2 rings (SSSR count). The first-order chi connectivity index (χ1) is 8.11. The van der Waals surface area contributed by atoms with Gasteiger partial charge in [-0.1, -0.05) is 6.07 Å². The summed E-state index contributed by atoms with van der Waals surface area (Å²) in [4.78, 5) is 20.3. The Morgan fingerprint density at radius 1 is 1.24 bits per heavy atom. The predicted octanol–water partition coefficient (Wildman–Crippen LogP) is 1.12. The van der Waals surface area contributed by atoms with Crippen molar-refractivity contribution in [1.82, 2.24) is 15.0 Å². The van der Waals surface area contributed by atoms with Crippen molar-refractivity contribution in [2.45, 2.75) is 0 Å². The lowest BCUT2D eigenvalue weighted by Crippen LogP contribution is -2.15. The highest BCUT2D eigenvalue weighted by molar-refractivity contribution is 5.56. The quantitative estimate of drug-likeness (QED) is 0.852. The number of ether oxygens (including phenoxy) is 1. The van der Waals surface area contributed by atoms with Crippen LogP contribution < -0.4 is 10.4 Å². The fraction of sp³-hybridized carbons (Fsp3) is 0.100. The molecule has 1 aromatic carbocycles. The van der Waals surface area contributed by atoms with Crippen molar-refractivity contribution >= 4 is 0 Å². The molecule has 0 unspecified atom stereocenters. The van der Waals surface area contributed by atoms with E-state index in [0.29, 0.717) is 0 Å². The third kappa shape index (κ3) is 2.12. The third-order valence-corrected chi connectivity index (χ3v) is 2.01. The molecule has 0 atom stereocenters. The van der Waals surface area contributed by atoms with Gasteiger partial charge < -0.3 is 4.74 Å². The SMILES string of the molecule is COc1nc(-c2c(F)cccc2F)[nH]c(=O)n1. The van der Waals surface area contributed by atoms with Gasteiger partial charge in [-0.25, -0.2) is 13.6 Å². The van der Waals surface area contributed by atoms with E-state index in [2.05, 4.69) is 19.7 Å². The Balaban J connectivity index is 2.68. The fourth-order valence-corrected chi connectivity index (χ4v) is 1.30. The average Bonchev–Trinajstić information content (AvgIpc) is 2.28. The Hall–Kier alpha value is -2.31. The molecular weight excluding hydrogens is 232 g/mol. The molecule has 0 amide bonds. The fourth-order valence-electron chi connectivity index (χ4n) is 1.30. The van der Waals surface area contributed by atoms with Gasteiger partial charge in [0.1, 0.15) is 11.6 Å². The van der Waals surface area contributed by atoms with Crippen LogP contribution in [0.25, 0.3) is 11.4 Å². The van der Waals surface area contributed by atoms with Crippen molar-refractivity contribution < 1.29 is 13.5 Å². The number of hydrogen-bond acceptors (Lipinski definition) is 4. The molecule has 1 N–H and O–H groups in total. The van der Waals surface area contributed by atoms with Crippen molar-refractivity contribution in [3.63, 3.8) is 0 Å². The van der Waals surface area contributed by atoms with Crippen LogP contribution in [0.5, 0.6) is 6.01 Å². The van der Waals surface area contributed by atoms with Crippen LogP contribution in [-0.2, 0) is 0 Å². The van der Waals surface area contributed by atoms with E-state index in [1.165, 1.54) is 13.2 Å². The Kier molecular flexibility index (Phi) is 2.82. The second kappa shape index (κ2) is 4.28. The summed E-state index contributed by atoms with van der Waals surface area (Å²) >= 11 is 0. The number of methoxy groups -OCH3 is 1. The van der Waals surface area contributed by atoms with Crippen molar-refractivity contribution in [3.05, 3.63) is 40.3 Å². The molecule has 0 spiro atoms. The Morgan fingerprint density at radius 2 is 1.88 bits per heavy atom. The summed E-state index contributed by atoms with van der Waals surface area (Å²) in [6, 6.07) is 3.08. The molecule has 7 heteroatoms. The van der Waals surface area contributed by atoms with Gasteiger partial charge in [-0.3, -0.25) is 4.98 Å². The molecule has 1 heterocycles. The zero-order valence-electron chi connectivity index (χ0n) is 8.70. The maximum atomic E-state index is 13.4. The van der Waals surface area contributed by atoms with Crippen LogP contribution in [0.15, 0.2) is 23.0 Å². The van der Waals surface area contributed by atoms with E-state index < -0.39 is 22.9 Å². The largest absolute Gasteiger partial charge is 0.467 e. The summed E-state index contributed by atoms with van der Waals surface area (Å²) in [5, 5.41) is 0. The Bertz CT molecular complexity index is 592. The van der Waals surface area contributed by atoms with E-state index in [0.717, 1.165) is 12.1 Å². The molecular formula is C10H7F2N3O2. The molecule has 17 heavy (non-hydrogen) atoms. The van der Waals surface area contributed by atoms with Crippen molar-refractivity contribution in [2.75, 3.05) is 7.11 Å². The van der Waals surface area contributed by atoms with Crippen LogP contribution in [0, 0.1) is 11.6 Å². The van der Waals surface area contributed by atoms with Crippen LogP contribution in [0.4, 0.5) is 8.78 Å². The van der Waals surface area contributed by atoms with Gasteiger partial charge in [0.2, 0.25) is 0 Å². The molecule has 0 radical (unpaired) electrons. The van der Waals surface area contributed by atoms with Gasteiger partial charge in [0, 0.05) is 0 Å². The molecule has 0 bridgehead atoms. The van der Waals surface area contributed by atoms with E-state index in [9.17, 15) is 13.6 Å². The van der Waals surface area contributed by atoms with Gasteiger partial charge in [-0.05, 0) is 12.1 Å². The summed E-state index contributed by atoms with van der Waals surface area (Å²) in [6.07, 6.45) is 0. The van der Waals surface area contributed by atoms with Gasteiger partial charge in [0.25, 0.3) is 0 Å². The number of aromatic amines is 1. The predicted molar refractivity (Wildman–Crippen MR) is 54.6 cm³/mol. The number of benzene rings is 1. The smallest absolute Gasteiger partial charge is 0.351 e. The summed E-state index contributed by atoms with van der Waals surface area (Å²) in [7, 11) is 1.25. The maximum Gasteiger partial charge on any atom is 0.351 e. The topological polar surface area (TPSA) is 67.9 Å². The van der Waals surface area contributed by atoms with Crippen LogP contribution in [0.1, 0.15) is 0 Å². The van der Waals surface area contributed by atoms with Crippen LogP contribution in [0.2, 0.25) is 0 Å². The van der Waals surface area contributed by atoms with Crippen molar-refractivity contribution in [3.8, 4) is 17.4 Å². The lowest BCUT2D eigenvalue weighted by Gasteiger charge is -2.04. The van der Waals surface area contributed by atoms with E-state index in [4.69, 9.17) is 0 Å². The van der Waals surface area contributed by atoms with Crippen molar-refractivity contribution in [1.29, 1.82) is 0 Å². The number of nitrogens with one attached hydrogen (secondary N) is 1. The second-order valence-corrected chi connectivity index (χ2v) is 3.09. The molecule has 5 nitrogen and oxygen atoms in total. The van der Waals surface area contributed by atoms with Crippen LogP contribution >= 0.6 is 0 Å². The second-order valence-electron chi connectivity index (χ2n) is 3.09. The monoisotopic (exact) mass is 239 g/mol.